The Morgan fingerprint density at radius 3 is 1.62 bits per heavy atom. The van der Waals surface area contributed by atoms with Crippen LogP contribution in [0.2, 0.25) is 0 Å². The van der Waals surface area contributed by atoms with Gasteiger partial charge in [-0.05, 0) is 37.0 Å². The largest absolute Gasteiger partial charge is 0.462 e. The van der Waals surface area contributed by atoms with Crippen LogP contribution in [0.1, 0.15) is 94.4 Å². The van der Waals surface area contributed by atoms with Crippen molar-refractivity contribution in [1.29, 1.82) is 0 Å². The van der Waals surface area contributed by atoms with Gasteiger partial charge in [0.2, 0.25) is 0 Å². The molecular formula is C19H38O2. The summed E-state index contributed by atoms with van der Waals surface area (Å²) in [6.07, 6.45) is 4.97. The summed E-state index contributed by atoms with van der Waals surface area (Å²) in [5.41, 5.74) is -0.461. The maximum Gasteiger partial charge on any atom is 0.312 e. The third kappa shape index (κ3) is 6.40. The molecule has 0 fully saturated rings. The van der Waals surface area contributed by atoms with Gasteiger partial charge in [-0.3, -0.25) is 4.79 Å². The molecule has 1 atom stereocenters. The summed E-state index contributed by atoms with van der Waals surface area (Å²) in [6.45, 7) is 19.4. The van der Waals surface area contributed by atoms with E-state index >= 15 is 0 Å². The minimum absolute atomic E-state index is 0.0168. The Bertz CT molecular complexity index is 313. The molecule has 1 unspecified atom stereocenters. The van der Waals surface area contributed by atoms with E-state index in [1.54, 1.807) is 0 Å². The Balaban J connectivity index is 5.21. The number of carbonyl (C=O) groups is 1. The van der Waals surface area contributed by atoms with Crippen molar-refractivity contribution in [3.05, 3.63) is 0 Å². The van der Waals surface area contributed by atoms with E-state index in [2.05, 4.69) is 62.3 Å². The van der Waals surface area contributed by atoms with Crippen LogP contribution in [-0.4, -0.2) is 12.1 Å². The van der Waals surface area contributed by atoms with Gasteiger partial charge in [-0.2, -0.15) is 0 Å². The standard InChI is InChI=1S/C19H38O2/c1-10-12-15(13-11-2)21-16(20)19(9,18(6,7)8)14-17(3,4)5/h15H,10-14H2,1-9H3. The van der Waals surface area contributed by atoms with Crippen LogP contribution in [0.25, 0.3) is 0 Å². The fraction of sp³-hybridized carbons (Fsp3) is 0.947. The van der Waals surface area contributed by atoms with Crippen LogP contribution >= 0.6 is 0 Å². The molecule has 0 spiro atoms. The predicted octanol–water partition coefficient (Wildman–Crippen LogP) is 5.99. The lowest BCUT2D eigenvalue weighted by Crippen LogP contribution is -2.45. The molecule has 126 valence electrons. The number of carbonyl (C=O) groups excluding carboxylic acids is 1. The van der Waals surface area contributed by atoms with E-state index in [1.807, 2.05) is 0 Å². The average molecular weight is 299 g/mol. The third-order valence-corrected chi connectivity index (χ3v) is 4.48. The summed E-state index contributed by atoms with van der Waals surface area (Å²) in [4.78, 5) is 12.9. The highest BCUT2D eigenvalue weighted by Gasteiger charge is 2.48. The molecule has 0 aliphatic rings. The lowest BCUT2D eigenvalue weighted by molar-refractivity contribution is -0.171. The summed E-state index contributed by atoms with van der Waals surface area (Å²) in [5, 5.41) is 0. The number of rotatable bonds is 7. The van der Waals surface area contributed by atoms with Crippen LogP contribution < -0.4 is 0 Å². The van der Waals surface area contributed by atoms with Crippen LogP contribution in [0.3, 0.4) is 0 Å². The van der Waals surface area contributed by atoms with Crippen molar-refractivity contribution in [1.82, 2.24) is 0 Å². The lowest BCUT2D eigenvalue weighted by Gasteiger charge is -2.44. The molecule has 0 aromatic heterocycles. The summed E-state index contributed by atoms with van der Waals surface area (Å²) >= 11 is 0. The normalized spacial score (nSPS) is 15.9. The van der Waals surface area contributed by atoms with Crippen molar-refractivity contribution < 1.29 is 9.53 Å². The average Bonchev–Trinajstić information content (AvgIpc) is 2.25. The first kappa shape index (κ1) is 20.5. The van der Waals surface area contributed by atoms with E-state index in [0.717, 1.165) is 32.1 Å². The monoisotopic (exact) mass is 298 g/mol. The number of hydrogen-bond acceptors (Lipinski definition) is 2. The molecule has 0 amide bonds. The van der Waals surface area contributed by atoms with Crippen LogP contribution in [0.15, 0.2) is 0 Å². The van der Waals surface area contributed by atoms with Crippen molar-refractivity contribution >= 4 is 5.97 Å². The molecular weight excluding hydrogens is 260 g/mol. The van der Waals surface area contributed by atoms with E-state index in [0.29, 0.717) is 0 Å². The van der Waals surface area contributed by atoms with Gasteiger partial charge < -0.3 is 4.74 Å². The van der Waals surface area contributed by atoms with Crippen molar-refractivity contribution in [2.45, 2.75) is 101 Å². The topological polar surface area (TPSA) is 26.3 Å². The van der Waals surface area contributed by atoms with Gasteiger partial charge >= 0.3 is 5.97 Å². The predicted molar refractivity (Wildman–Crippen MR) is 91.3 cm³/mol. The maximum atomic E-state index is 12.9. The number of esters is 1. The highest BCUT2D eigenvalue weighted by Crippen LogP contribution is 2.47. The first-order valence-corrected chi connectivity index (χ1v) is 8.58. The smallest absolute Gasteiger partial charge is 0.312 e. The summed E-state index contributed by atoms with van der Waals surface area (Å²) in [7, 11) is 0. The molecule has 2 heteroatoms. The zero-order chi connectivity index (χ0) is 16.9. The molecule has 0 saturated carbocycles. The minimum Gasteiger partial charge on any atom is -0.462 e. The van der Waals surface area contributed by atoms with Gasteiger partial charge in [0.05, 0.1) is 5.41 Å². The molecule has 0 aromatic carbocycles. The van der Waals surface area contributed by atoms with Gasteiger partial charge in [-0.15, -0.1) is 0 Å². The Hall–Kier alpha value is -0.530. The Labute approximate surface area is 133 Å². The Morgan fingerprint density at radius 2 is 1.33 bits per heavy atom. The van der Waals surface area contributed by atoms with E-state index in [9.17, 15) is 4.79 Å². The second-order valence-corrected chi connectivity index (χ2v) is 8.92. The fourth-order valence-electron chi connectivity index (χ4n) is 2.89. The Kier molecular flexibility index (Phi) is 7.45. The molecule has 0 aliphatic carbocycles. The zero-order valence-corrected chi connectivity index (χ0v) is 15.9. The first-order chi connectivity index (χ1) is 9.37. The van der Waals surface area contributed by atoms with Crippen LogP contribution in [0, 0.1) is 16.2 Å². The van der Waals surface area contributed by atoms with Gasteiger partial charge in [-0.1, -0.05) is 68.2 Å². The molecule has 0 N–H and O–H groups in total. The van der Waals surface area contributed by atoms with Gasteiger partial charge in [0.25, 0.3) is 0 Å². The quantitative estimate of drug-likeness (QED) is 0.540. The summed E-state index contributed by atoms with van der Waals surface area (Å²) < 4.78 is 5.93. The summed E-state index contributed by atoms with van der Waals surface area (Å²) in [5.74, 6) is -0.0168. The highest BCUT2D eigenvalue weighted by molar-refractivity contribution is 5.77. The molecule has 0 radical (unpaired) electrons. The van der Waals surface area contributed by atoms with Crippen LogP contribution in [0.4, 0.5) is 0 Å². The zero-order valence-electron chi connectivity index (χ0n) is 15.9. The van der Waals surface area contributed by atoms with Gasteiger partial charge in [0, 0.05) is 0 Å². The molecule has 0 rings (SSSR count). The third-order valence-electron chi connectivity index (χ3n) is 4.48. The van der Waals surface area contributed by atoms with E-state index in [1.165, 1.54) is 0 Å². The molecule has 21 heavy (non-hydrogen) atoms. The van der Waals surface area contributed by atoms with E-state index < -0.39 is 5.41 Å². The van der Waals surface area contributed by atoms with Crippen LogP contribution in [0.5, 0.6) is 0 Å². The van der Waals surface area contributed by atoms with Crippen molar-refractivity contribution in [3.8, 4) is 0 Å². The summed E-state index contributed by atoms with van der Waals surface area (Å²) in [6, 6.07) is 0. The van der Waals surface area contributed by atoms with E-state index in [-0.39, 0.29) is 22.9 Å². The molecule has 0 heterocycles. The highest BCUT2D eigenvalue weighted by atomic mass is 16.5. The fourth-order valence-corrected chi connectivity index (χ4v) is 2.89. The number of hydrogen-bond donors (Lipinski definition) is 0. The SMILES string of the molecule is CCCC(CCC)OC(=O)C(C)(CC(C)(C)C)C(C)(C)C. The van der Waals surface area contributed by atoms with Gasteiger partial charge in [0.15, 0.2) is 0 Å². The minimum atomic E-state index is -0.453. The lowest BCUT2D eigenvalue weighted by atomic mass is 9.61. The van der Waals surface area contributed by atoms with E-state index in [4.69, 9.17) is 4.74 Å². The first-order valence-electron chi connectivity index (χ1n) is 8.58. The van der Waals surface area contributed by atoms with Crippen LogP contribution in [-0.2, 0) is 9.53 Å². The van der Waals surface area contributed by atoms with Crippen molar-refractivity contribution in [2.24, 2.45) is 16.2 Å². The number of ether oxygens (including phenoxy) is 1. The Morgan fingerprint density at radius 1 is 0.905 bits per heavy atom. The van der Waals surface area contributed by atoms with Gasteiger partial charge in [0.1, 0.15) is 6.10 Å². The molecule has 0 bridgehead atoms. The molecule has 0 aliphatic heterocycles. The second kappa shape index (κ2) is 7.65. The second-order valence-electron chi connectivity index (χ2n) is 8.92. The van der Waals surface area contributed by atoms with Crippen molar-refractivity contribution in [2.75, 3.05) is 0 Å². The molecule has 0 aromatic rings. The van der Waals surface area contributed by atoms with Gasteiger partial charge in [-0.25, -0.2) is 0 Å². The molecule has 0 saturated heterocycles. The van der Waals surface area contributed by atoms with Crippen molar-refractivity contribution in [3.63, 3.8) is 0 Å². The maximum absolute atomic E-state index is 12.9. The molecule has 2 nitrogen and oxygen atoms in total.